The van der Waals surface area contributed by atoms with Gasteiger partial charge in [0.15, 0.2) is 0 Å². The van der Waals surface area contributed by atoms with Crippen LogP contribution in [0.2, 0.25) is 0 Å². The van der Waals surface area contributed by atoms with Gasteiger partial charge in [-0.05, 0) is 0 Å². The molecule has 0 rings (SSSR count). The Balaban J connectivity index is 2.43. The van der Waals surface area contributed by atoms with E-state index in [4.69, 9.17) is 0 Å². The summed E-state index contributed by atoms with van der Waals surface area (Å²) in [6.07, 6.45) is 6.35. The third-order valence-electron chi connectivity index (χ3n) is 0.0589. The van der Waals surface area contributed by atoms with Gasteiger partial charge in [-0.25, -0.2) is 0 Å². The molecule has 3 radical (unpaired) electrons. The van der Waals surface area contributed by atoms with Crippen LogP contribution in [0.1, 0.15) is 0 Å². The van der Waals surface area contributed by atoms with Gasteiger partial charge in [-0.15, -0.1) is 0 Å². The molecule has 0 aliphatic carbocycles. The Morgan fingerprint density at radius 1 is 2.00 bits per heavy atom. The van der Waals surface area contributed by atoms with E-state index in [0.29, 0.717) is 0 Å². The average Bonchev–Trinajstić information content (AvgIpc) is 1.37. The lowest BCUT2D eigenvalue weighted by Gasteiger charge is -1.65. The van der Waals surface area contributed by atoms with E-state index in [-0.39, 0.29) is 0 Å². The quantitative estimate of drug-likeness (QED) is 0.280. The Morgan fingerprint density at radius 3 is 2.25 bits per heavy atom. The molecule has 0 saturated carbocycles. The lowest BCUT2D eigenvalue weighted by atomic mass is 11.3. The van der Waals surface area contributed by atoms with Crippen LogP contribution in [0.3, 0.4) is 0 Å². The molecule has 0 atom stereocenters. The van der Waals surface area contributed by atoms with Crippen LogP contribution < -0.4 is 0 Å². The maximum atomic E-state index is 4.51. The van der Waals surface area contributed by atoms with Crippen LogP contribution in [0.5, 0.6) is 0 Å². The van der Waals surface area contributed by atoms with E-state index in [1.807, 2.05) is 6.11 Å². The van der Waals surface area contributed by atoms with Crippen molar-refractivity contribution in [1.82, 2.24) is 0 Å². The largest absolute Gasteiger partial charge is 0.500 e. The van der Waals surface area contributed by atoms with E-state index in [0.717, 1.165) is 0 Å². The molecule has 0 aromatic carbocycles. The average molecular weight is 69.1 g/mol. The Labute approximate surface area is 28.5 Å². The minimum absolute atomic E-state index is 1.84. The highest BCUT2D eigenvalue weighted by Crippen LogP contribution is 1.38. The highest BCUT2D eigenvalue weighted by molar-refractivity contribution is 5.98. The van der Waals surface area contributed by atoms with Crippen molar-refractivity contribution >= 4 is 10.5 Å². The van der Waals surface area contributed by atoms with Crippen molar-refractivity contribution in [2.75, 3.05) is 0 Å². The number of hydrogen-bond acceptors (Lipinski definition) is 1. The maximum absolute atomic E-state index is 4.51. The summed E-state index contributed by atoms with van der Waals surface area (Å²) in [6, 6.07) is 0. The monoisotopic (exact) mass is 69.0 g/mol. The zero-order valence-electron chi connectivity index (χ0n) is 1.99. The molecule has 2 heteroatoms. The van der Waals surface area contributed by atoms with Gasteiger partial charge in [0.1, 0.15) is 0 Å². The topological polar surface area (TPSA) is 9.23 Å². The summed E-state index contributed by atoms with van der Waals surface area (Å²) in [5, 5.41) is 0. The van der Waals surface area contributed by atoms with E-state index in [2.05, 4.69) is 21.3 Å². The molecule has 0 heterocycles. The van der Waals surface area contributed by atoms with Gasteiger partial charge >= 0.3 is 10.5 Å². The molecule has 0 unspecified atom stereocenters. The van der Waals surface area contributed by atoms with Crippen LogP contribution in [0.4, 0.5) is 0 Å². The van der Waals surface area contributed by atoms with Crippen molar-refractivity contribution in [3.05, 3.63) is 0 Å². The second kappa shape index (κ2) is 2.58. The molecule has 19 valence electrons. The number of rotatable bonds is 0. The zero-order valence-corrected chi connectivity index (χ0v) is 2.99. The van der Waals surface area contributed by atoms with Crippen LogP contribution >= 0.6 is 0 Å². The van der Waals surface area contributed by atoms with Gasteiger partial charge in [0, 0.05) is 0 Å². The second-order valence-electron chi connectivity index (χ2n) is 0.220. The Hall–Kier alpha value is -0.423. The van der Waals surface area contributed by atoms with Crippen LogP contribution in [-0.2, 0) is 4.43 Å². The molecule has 1 nitrogen and oxygen atoms in total. The highest BCUT2D eigenvalue weighted by atomic mass is 28.2. The van der Waals surface area contributed by atoms with E-state index in [1.54, 1.807) is 0 Å². The van der Waals surface area contributed by atoms with Crippen LogP contribution in [-0.4, -0.2) is 10.5 Å². The van der Waals surface area contributed by atoms with Crippen molar-refractivity contribution in [3.8, 4) is 12.5 Å². The fourth-order valence-electron chi connectivity index (χ4n) is 0. The van der Waals surface area contributed by atoms with Gasteiger partial charge in [-0.2, -0.15) is 0 Å². The van der Waals surface area contributed by atoms with Crippen LogP contribution in [0.25, 0.3) is 0 Å². The number of terminal acetylenes is 1. The molecule has 0 N–H and O–H groups in total. The standard InChI is InChI=1S/C2HOSi/c1-2-3-4/h1H. The van der Waals surface area contributed by atoms with Crippen molar-refractivity contribution in [1.29, 1.82) is 0 Å². The summed E-state index contributed by atoms with van der Waals surface area (Å²) in [5.41, 5.74) is 0. The van der Waals surface area contributed by atoms with Crippen molar-refractivity contribution in [2.45, 2.75) is 0 Å². The van der Waals surface area contributed by atoms with Crippen LogP contribution in [0.15, 0.2) is 0 Å². The van der Waals surface area contributed by atoms with Gasteiger partial charge < -0.3 is 4.43 Å². The predicted molar refractivity (Wildman–Crippen MR) is 15.7 cm³/mol. The Bertz CT molecular complexity index is 35.8. The van der Waals surface area contributed by atoms with Crippen LogP contribution in [0, 0.1) is 12.5 Å². The van der Waals surface area contributed by atoms with E-state index >= 15 is 0 Å². The van der Waals surface area contributed by atoms with E-state index in [1.165, 1.54) is 0 Å². The lowest BCUT2D eigenvalue weighted by molar-refractivity contribution is 0.580. The molecule has 0 aromatic rings. The van der Waals surface area contributed by atoms with Crippen molar-refractivity contribution in [3.63, 3.8) is 0 Å². The molecule has 0 aliphatic heterocycles. The van der Waals surface area contributed by atoms with E-state index < -0.39 is 0 Å². The summed E-state index contributed by atoms with van der Waals surface area (Å²) < 4.78 is 3.88. The third-order valence-corrected chi connectivity index (χ3v) is 0.177. The summed E-state index contributed by atoms with van der Waals surface area (Å²) in [4.78, 5) is 0. The zero-order chi connectivity index (χ0) is 3.41. The highest BCUT2D eigenvalue weighted by Gasteiger charge is 1.40. The molecular formula is C2HOSi. The van der Waals surface area contributed by atoms with Crippen molar-refractivity contribution < 1.29 is 4.43 Å². The molecule has 0 bridgehead atoms. The first kappa shape index (κ1) is 3.58. The van der Waals surface area contributed by atoms with Crippen molar-refractivity contribution in [2.24, 2.45) is 0 Å². The van der Waals surface area contributed by atoms with Gasteiger partial charge in [0.25, 0.3) is 0 Å². The first-order valence-electron chi connectivity index (χ1n) is 0.697. The van der Waals surface area contributed by atoms with Gasteiger partial charge in [0.05, 0.1) is 6.11 Å². The molecular weight excluding hydrogens is 68.1 g/mol. The second-order valence-corrected chi connectivity index (χ2v) is 0.424. The smallest absolute Gasteiger partial charge is 0.359 e. The summed E-state index contributed by atoms with van der Waals surface area (Å²) in [5.74, 6) is 0. The summed E-state index contributed by atoms with van der Waals surface area (Å²) in [7, 11) is 2.55. The SMILES string of the molecule is C#CO[Si]. The molecule has 0 saturated heterocycles. The van der Waals surface area contributed by atoms with Gasteiger partial charge in [0.2, 0.25) is 0 Å². The minimum Gasteiger partial charge on any atom is -0.500 e. The molecule has 4 heavy (non-hydrogen) atoms. The maximum Gasteiger partial charge on any atom is 0.359 e. The molecule has 0 amide bonds. The molecule has 0 aromatic heterocycles. The van der Waals surface area contributed by atoms with E-state index in [9.17, 15) is 0 Å². The Kier molecular flexibility index (Phi) is 2.30. The first-order valence-corrected chi connectivity index (χ1v) is 1.11. The van der Waals surface area contributed by atoms with Gasteiger partial charge in [-0.3, -0.25) is 0 Å². The van der Waals surface area contributed by atoms with Gasteiger partial charge in [-0.1, -0.05) is 6.42 Å². The first-order chi connectivity index (χ1) is 1.91. The summed E-state index contributed by atoms with van der Waals surface area (Å²) in [6.45, 7) is 0. The molecule has 0 fully saturated rings. The number of hydrogen-bond donors (Lipinski definition) is 0. The Morgan fingerprint density at radius 2 is 2.25 bits per heavy atom. The fourth-order valence-corrected chi connectivity index (χ4v) is 0. The molecule has 0 spiro atoms. The molecule has 0 aliphatic rings. The normalized spacial score (nSPS) is 4.00. The lowest BCUT2D eigenvalue weighted by Crippen LogP contribution is -1.60. The minimum atomic E-state index is 1.84. The fraction of sp³-hybridized carbons (Fsp3) is 0. The third kappa shape index (κ3) is 1.58. The predicted octanol–water partition coefficient (Wildman–Crippen LogP) is -0.323. The summed E-state index contributed by atoms with van der Waals surface area (Å²) >= 11 is 0.